The number of rotatable bonds is 7. The van der Waals surface area contributed by atoms with Crippen molar-refractivity contribution in [2.45, 2.75) is 58.0 Å². The Hall–Kier alpha value is -0.810. The summed E-state index contributed by atoms with van der Waals surface area (Å²) in [7, 11) is 0. The molecule has 0 N–H and O–H groups in total. The Balaban J connectivity index is 1.71. The SMILES string of the molecule is CCCCN1CCN(C(=O)Cc2ccc(Cl)c(Cl)c2)C(C(C)N2CCCC2)C1. The minimum atomic E-state index is 0.199. The Morgan fingerprint density at radius 2 is 1.89 bits per heavy atom. The molecule has 0 radical (unpaired) electrons. The van der Waals surface area contributed by atoms with Gasteiger partial charge in [0, 0.05) is 25.7 Å². The molecule has 0 saturated carbocycles. The van der Waals surface area contributed by atoms with Crippen LogP contribution in [0.5, 0.6) is 0 Å². The van der Waals surface area contributed by atoms with E-state index >= 15 is 0 Å². The summed E-state index contributed by atoms with van der Waals surface area (Å²) in [6.07, 6.45) is 5.36. The topological polar surface area (TPSA) is 26.8 Å². The molecule has 3 rings (SSSR count). The molecular formula is C22H33Cl2N3O. The van der Waals surface area contributed by atoms with Crippen molar-refractivity contribution >= 4 is 29.1 Å². The fourth-order valence-electron chi connectivity index (χ4n) is 4.49. The number of unbranched alkanes of at least 4 members (excludes halogenated alkanes) is 1. The number of amides is 1. The number of carbonyl (C=O) groups is 1. The largest absolute Gasteiger partial charge is 0.335 e. The van der Waals surface area contributed by atoms with Crippen LogP contribution < -0.4 is 0 Å². The first-order chi connectivity index (χ1) is 13.5. The zero-order valence-corrected chi connectivity index (χ0v) is 18.7. The summed E-state index contributed by atoms with van der Waals surface area (Å²) in [4.78, 5) is 20.5. The fraction of sp³-hybridized carbons (Fsp3) is 0.682. The molecule has 6 heteroatoms. The van der Waals surface area contributed by atoms with E-state index in [9.17, 15) is 4.79 Å². The third-order valence-corrected chi connectivity index (χ3v) is 7.00. The van der Waals surface area contributed by atoms with Crippen molar-refractivity contribution < 1.29 is 4.79 Å². The molecule has 2 atom stereocenters. The number of carbonyl (C=O) groups excluding carboxylic acids is 1. The van der Waals surface area contributed by atoms with Gasteiger partial charge in [-0.1, -0.05) is 42.6 Å². The standard InChI is InChI=1S/C22H33Cl2N3O/c1-3-4-9-25-12-13-27(21(16-25)17(2)26-10-5-6-11-26)22(28)15-18-7-8-19(23)20(24)14-18/h7-8,14,17,21H,3-6,9-13,15-16H2,1-2H3. The van der Waals surface area contributed by atoms with Gasteiger partial charge in [0.15, 0.2) is 0 Å². The number of halogens is 2. The van der Waals surface area contributed by atoms with Crippen LogP contribution in [0.3, 0.4) is 0 Å². The molecule has 4 nitrogen and oxygen atoms in total. The van der Waals surface area contributed by atoms with Crippen LogP contribution in [0, 0.1) is 0 Å². The number of hydrogen-bond donors (Lipinski definition) is 0. The summed E-state index contributed by atoms with van der Waals surface area (Å²) < 4.78 is 0. The molecule has 2 aliphatic rings. The van der Waals surface area contributed by atoms with E-state index in [0.717, 1.165) is 44.8 Å². The predicted molar refractivity (Wildman–Crippen MR) is 117 cm³/mol. The van der Waals surface area contributed by atoms with Crippen LogP contribution in [-0.4, -0.2) is 72.0 Å². The molecule has 0 aliphatic carbocycles. The van der Waals surface area contributed by atoms with E-state index < -0.39 is 0 Å². The van der Waals surface area contributed by atoms with Gasteiger partial charge < -0.3 is 4.90 Å². The van der Waals surface area contributed by atoms with E-state index in [1.54, 1.807) is 6.07 Å². The lowest BCUT2D eigenvalue weighted by Crippen LogP contribution is -2.62. The van der Waals surface area contributed by atoms with Crippen molar-refractivity contribution in [2.24, 2.45) is 0 Å². The first-order valence-electron chi connectivity index (χ1n) is 10.7. The molecule has 0 spiro atoms. The maximum atomic E-state index is 13.2. The van der Waals surface area contributed by atoms with Gasteiger partial charge >= 0.3 is 0 Å². The lowest BCUT2D eigenvalue weighted by molar-refractivity contribution is -0.137. The van der Waals surface area contributed by atoms with Gasteiger partial charge in [-0.15, -0.1) is 0 Å². The number of piperazine rings is 1. The van der Waals surface area contributed by atoms with Crippen LogP contribution in [0.2, 0.25) is 10.0 Å². The third-order valence-electron chi connectivity index (χ3n) is 6.26. The fourth-order valence-corrected chi connectivity index (χ4v) is 4.82. The third kappa shape index (κ3) is 5.41. The number of nitrogens with zero attached hydrogens (tertiary/aromatic N) is 3. The molecule has 156 valence electrons. The van der Waals surface area contributed by atoms with E-state index in [1.807, 2.05) is 12.1 Å². The summed E-state index contributed by atoms with van der Waals surface area (Å²) in [6, 6.07) is 6.14. The van der Waals surface area contributed by atoms with Gasteiger partial charge in [-0.25, -0.2) is 0 Å². The lowest BCUT2D eigenvalue weighted by Gasteiger charge is -2.46. The van der Waals surface area contributed by atoms with Gasteiger partial charge in [-0.2, -0.15) is 0 Å². The van der Waals surface area contributed by atoms with Gasteiger partial charge in [-0.3, -0.25) is 14.6 Å². The lowest BCUT2D eigenvalue weighted by atomic mass is 10.0. The van der Waals surface area contributed by atoms with Crippen LogP contribution in [0.15, 0.2) is 18.2 Å². The van der Waals surface area contributed by atoms with Crippen LogP contribution in [0.1, 0.15) is 45.1 Å². The molecule has 0 aromatic heterocycles. The molecule has 2 aliphatic heterocycles. The van der Waals surface area contributed by atoms with Crippen molar-refractivity contribution in [1.82, 2.24) is 14.7 Å². The van der Waals surface area contributed by atoms with Crippen LogP contribution in [0.4, 0.5) is 0 Å². The summed E-state index contributed by atoms with van der Waals surface area (Å²) in [5.41, 5.74) is 0.931. The second-order valence-electron chi connectivity index (χ2n) is 8.22. The summed E-state index contributed by atoms with van der Waals surface area (Å²) in [5.74, 6) is 0.199. The second kappa shape index (κ2) is 10.3. The van der Waals surface area contributed by atoms with Crippen molar-refractivity contribution in [1.29, 1.82) is 0 Å². The molecule has 2 fully saturated rings. The van der Waals surface area contributed by atoms with Gasteiger partial charge in [0.2, 0.25) is 5.91 Å². The van der Waals surface area contributed by atoms with E-state index in [2.05, 4.69) is 28.5 Å². The van der Waals surface area contributed by atoms with E-state index in [0.29, 0.717) is 22.5 Å². The maximum Gasteiger partial charge on any atom is 0.227 e. The Labute approximate surface area is 179 Å². The highest BCUT2D eigenvalue weighted by molar-refractivity contribution is 6.42. The van der Waals surface area contributed by atoms with Crippen molar-refractivity contribution in [3.8, 4) is 0 Å². The van der Waals surface area contributed by atoms with E-state index in [4.69, 9.17) is 23.2 Å². The molecular weight excluding hydrogens is 393 g/mol. The minimum Gasteiger partial charge on any atom is -0.335 e. The molecule has 2 unspecified atom stereocenters. The summed E-state index contributed by atoms with van der Waals surface area (Å²) >= 11 is 12.2. The quantitative estimate of drug-likeness (QED) is 0.649. The first-order valence-corrected chi connectivity index (χ1v) is 11.4. The Morgan fingerprint density at radius 3 is 2.57 bits per heavy atom. The number of benzene rings is 1. The van der Waals surface area contributed by atoms with Crippen molar-refractivity contribution in [2.75, 3.05) is 39.3 Å². The molecule has 1 amide bonds. The normalized spacial score (nSPS) is 22.6. The van der Waals surface area contributed by atoms with Crippen LogP contribution in [0.25, 0.3) is 0 Å². The molecule has 2 saturated heterocycles. The monoisotopic (exact) mass is 425 g/mol. The smallest absolute Gasteiger partial charge is 0.227 e. The average molecular weight is 426 g/mol. The molecule has 28 heavy (non-hydrogen) atoms. The minimum absolute atomic E-state index is 0.199. The van der Waals surface area contributed by atoms with Gasteiger partial charge in [0.05, 0.1) is 22.5 Å². The highest BCUT2D eigenvalue weighted by Gasteiger charge is 2.36. The Morgan fingerprint density at radius 1 is 1.14 bits per heavy atom. The average Bonchev–Trinajstić information content (AvgIpc) is 3.23. The van der Waals surface area contributed by atoms with Crippen LogP contribution in [-0.2, 0) is 11.2 Å². The molecule has 1 aromatic carbocycles. The number of likely N-dealkylation sites (tertiary alicyclic amines) is 1. The highest BCUT2D eigenvalue weighted by Crippen LogP contribution is 2.25. The second-order valence-corrected chi connectivity index (χ2v) is 9.03. The molecule has 0 bridgehead atoms. The zero-order valence-electron chi connectivity index (χ0n) is 17.2. The van der Waals surface area contributed by atoms with Gasteiger partial charge in [-0.05, 0) is 63.5 Å². The highest BCUT2D eigenvalue weighted by atomic mass is 35.5. The summed E-state index contributed by atoms with van der Waals surface area (Å²) in [5, 5.41) is 1.04. The molecule has 2 heterocycles. The Kier molecular flexibility index (Phi) is 8.04. The maximum absolute atomic E-state index is 13.2. The zero-order chi connectivity index (χ0) is 20.1. The van der Waals surface area contributed by atoms with Crippen molar-refractivity contribution in [3.05, 3.63) is 33.8 Å². The van der Waals surface area contributed by atoms with Gasteiger partial charge in [0.1, 0.15) is 0 Å². The van der Waals surface area contributed by atoms with Crippen LogP contribution >= 0.6 is 23.2 Å². The Bertz CT molecular complexity index is 663. The first kappa shape index (κ1) is 21.9. The molecule has 1 aromatic rings. The van der Waals surface area contributed by atoms with Crippen molar-refractivity contribution in [3.63, 3.8) is 0 Å². The number of hydrogen-bond acceptors (Lipinski definition) is 3. The summed E-state index contributed by atoms with van der Waals surface area (Å²) in [6.45, 7) is 10.7. The predicted octanol–water partition coefficient (Wildman–Crippen LogP) is 4.33. The van der Waals surface area contributed by atoms with Gasteiger partial charge in [0.25, 0.3) is 0 Å². The van der Waals surface area contributed by atoms with E-state index in [-0.39, 0.29) is 11.9 Å². The van der Waals surface area contributed by atoms with E-state index in [1.165, 1.54) is 25.7 Å².